The number of rotatable bonds is 5. The second kappa shape index (κ2) is 7.07. The molecule has 1 aromatic rings. The van der Waals surface area contributed by atoms with E-state index in [0.29, 0.717) is 17.6 Å². The third kappa shape index (κ3) is 3.72. The van der Waals surface area contributed by atoms with E-state index in [1.165, 1.54) is 45.0 Å². The number of nitrogens with zero attached hydrogens (tertiary/aromatic N) is 1. The first-order chi connectivity index (χ1) is 9.61. The third-order valence-electron chi connectivity index (χ3n) is 4.47. The Morgan fingerprint density at radius 2 is 2.05 bits per heavy atom. The number of hydrogen-bond donors (Lipinski definition) is 1. The van der Waals surface area contributed by atoms with Crippen LogP contribution in [0.4, 0.5) is 10.1 Å². The van der Waals surface area contributed by atoms with E-state index in [1.807, 2.05) is 13.0 Å². The van der Waals surface area contributed by atoms with Crippen molar-refractivity contribution in [3.8, 4) is 0 Å². The normalized spacial score (nSPS) is 19.0. The van der Waals surface area contributed by atoms with E-state index < -0.39 is 0 Å². The van der Waals surface area contributed by atoms with Crippen LogP contribution in [-0.4, -0.2) is 30.6 Å². The van der Waals surface area contributed by atoms with Crippen LogP contribution in [0.25, 0.3) is 0 Å². The minimum Gasteiger partial charge on any atom is -0.380 e. The Morgan fingerprint density at radius 3 is 2.65 bits per heavy atom. The van der Waals surface area contributed by atoms with Crippen molar-refractivity contribution in [3.05, 3.63) is 29.6 Å². The molecule has 112 valence electrons. The number of hydrogen-bond acceptors (Lipinski definition) is 2. The predicted octanol–water partition coefficient (Wildman–Crippen LogP) is 4.06. The zero-order valence-electron chi connectivity index (χ0n) is 13.0. The number of para-hydroxylation sites is 1. The molecule has 0 radical (unpaired) electrons. The topological polar surface area (TPSA) is 15.3 Å². The van der Waals surface area contributed by atoms with Gasteiger partial charge in [0.05, 0.1) is 5.69 Å². The van der Waals surface area contributed by atoms with E-state index in [-0.39, 0.29) is 5.82 Å². The Balaban J connectivity index is 1.91. The molecule has 1 aliphatic heterocycles. The predicted molar refractivity (Wildman–Crippen MR) is 83.7 cm³/mol. The molecule has 0 saturated carbocycles. The van der Waals surface area contributed by atoms with Crippen LogP contribution in [-0.2, 0) is 0 Å². The molecule has 1 unspecified atom stereocenters. The van der Waals surface area contributed by atoms with Crippen molar-refractivity contribution < 1.29 is 4.39 Å². The van der Waals surface area contributed by atoms with Gasteiger partial charge in [0, 0.05) is 6.04 Å². The zero-order valence-corrected chi connectivity index (χ0v) is 13.0. The minimum atomic E-state index is -0.139. The van der Waals surface area contributed by atoms with Crippen molar-refractivity contribution in [1.82, 2.24) is 4.90 Å². The SMILES string of the molecule is CCCN1CCC(C(C)Nc2c(C)cccc2F)CC1. The Morgan fingerprint density at radius 1 is 1.35 bits per heavy atom. The van der Waals surface area contributed by atoms with Crippen LogP contribution >= 0.6 is 0 Å². The van der Waals surface area contributed by atoms with E-state index >= 15 is 0 Å². The molecule has 0 spiro atoms. The first-order valence-corrected chi connectivity index (χ1v) is 7.85. The highest BCUT2D eigenvalue weighted by Crippen LogP contribution is 2.26. The van der Waals surface area contributed by atoms with E-state index in [4.69, 9.17) is 0 Å². The van der Waals surface area contributed by atoms with E-state index in [9.17, 15) is 4.39 Å². The zero-order chi connectivity index (χ0) is 14.5. The Hall–Kier alpha value is -1.09. The number of likely N-dealkylation sites (tertiary alicyclic amines) is 1. The van der Waals surface area contributed by atoms with Crippen LogP contribution in [0.1, 0.15) is 38.7 Å². The number of aryl methyl sites for hydroxylation is 1. The molecule has 20 heavy (non-hydrogen) atoms. The summed E-state index contributed by atoms with van der Waals surface area (Å²) in [5.41, 5.74) is 1.66. The molecule has 2 rings (SSSR count). The molecule has 1 aromatic carbocycles. The largest absolute Gasteiger partial charge is 0.380 e. The summed E-state index contributed by atoms with van der Waals surface area (Å²) in [5, 5.41) is 3.40. The molecule has 0 bridgehead atoms. The maximum atomic E-state index is 13.9. The molecular formula is C17H27FN2. The van der Waals surface area contributed by atoms with Crippen molar-refractivity contribution in [2.75, 3.05) is 25.0 Å². The molecule has 3 heteroatoms. The lowest BCUT2D eigenvalue weighted by Crippen LogP contribution is -2.39. The van der Waals surface area contributed by atoms with Crippen molar-refractivity contribution >= 4 is 5.69 Å². The Kier molecular flexibility index (Phi) is 5.41. The minimum absolute atomic E-state index is 0.139. The Labute approximate surface area is 122 Å². The molecule has 1 aliphatic rings. The monoisotopic (exact) mass is 278 g/mol. The van der Waals surface area contributed by atoms with Crippen LogP contribution in [0.5, 0.6) is 0 Å². The van der Waals surface area contributed by atoms with Gasteiger partial charge in [-0.05, 0) is 70.3 Å². The van der Waals surface area contributed by atoms with Gasteiger partial charge in [0.1, 0.15) is 5.82 Å². The van der Waals surface area contributed by atoms with E-state index in [0.717, 1.165) is 5.56 Å². The molecule has 0 amide bonds. The molecule has 1 N–H and O–H groups in total. The molecule has 0 aromatic heterocycles. The van der Waals surface area contributed by atoms with Gasteiger partial charge < -0.3 is 10.2 Å². The van der Waals surface area contributed by atoms with Gasteiger partial charge in [-0.1, -0.05) is 19.1 Å². The number of anilines is 1. The summed E-state index contributed by atoms with van der Waals surface area (Å²) in [5.74, 6) is 0.502. The molecule has 2 nitrogen and oxygen atoms in total. The average Bonchev–Trinajstić information content (AvgIpc) is 2.44. The summed E-state index contributed by atoms with van der Waals surface area (Å²) >= 11 is 0. The number of halogens is 1. The van der Waals surface area contributed by atoms with Gasteiger partial charge in [-0.15, -0.1) is 0 Å². The fourth-order valence-corrected chi connectivity index (χ4v) is 3.15. The fourth-order valence-electron chi connectivity index (χ4n) is 3.15. The van der Waals surface area contributed by atoms with Crippen LogP contribution in [0.15, 0.2) is 18.2 Å². The molecule has 1 fully saturated rings. The first kappa shape index (κ1) is 15.3. The van der Waals surface area contributed by atoms with Crippen LogP contribution in [0.3, 0.4) is 0 Å². The van der Waals surface area contributed by atoms with Gasteiger partial charge in [-0.3, -0.25) is 0 Å². The van der Waals surface area contributed by atoms with Crippen molar-refractivity contribution in [1.29, 1.82) is 0 Å². The van der Waals surface area contributed by atoms with E-state index in [1.54, 1.807) is 6.07 Å². The Bertz CT molecular complexity index is 405. The van der Waals surface area contributed by atoms with Crippen LogP contribution in [0, 0.1) is 18.7 Å². The molecule has 1 heterocycles. The maximum absolute atomic E-state index is 13.9. The van der Waals surface area contributed by atoms with Gasteiger partial charge in [0.2, 0.25) is 0 Å². The van der Waals surface area contributed by atoms with E-state index in [2.05, 4.69) is 24.1 Å². The quantitative estimate of drug-likeness (QED) is 0.874. The third-order valence-corrected chi connectivity index (χ3v) is 4.47. The first-order valence-electron chi connectivity index (χ1n) is 7.85. The fraction of sp³-hybridized carbons (Fsp3) is 0.647. The number of piperidine rings is 1. The smallest absolute Gasteiger partial charge is 0.146 e. The molecule has 1 atom stereocenters. The van der Waals surface area contributed by atoms with Gasteiger partial charge in [0.25, 0.3) is 0 Å². The number of benzene rings is 1. The summed E-state index contributed by atoms with van der Waals surface area (Å²) in [7, 11) is 0. The summed E-state index contributed by atoms with van der Waals surface area (Å²) in [6, 6.07) is 5.59. The second-order valence-electron chi connectivity index (χ2n) is 6.04. The van der Waals surface area contributed by atoms with Crippen molar-refractivity contribution in [2.24, 2.45) is 5.92 Å². The maximum Gasteiger partial charge on any atom is 0.146 e. The molecule has 1 saturated heterocycles. The van der Waals surface area contributed by atoms with Crippen molar-refractivity contribution in [3.63, 3.8) is 0 Å². The average molecular weight is 278 g/mol. The summed E-state index contributed by atoms with van der Waals surface area (Å²) < 4.78 is 13.9. The summed E-state index contributed by atoms with van der Waals surface area (Å²) in [6.07, 6.45) is 3.65. The molecular weight excluding hydrogens is 251 g/mol. The van der Waals surface area contributed by atoms with Gasteiger partial charge >= 0.3 is 0 Å². The van der Waals surface area contributed by atoms with Crippen LogP contribution in [0.2, 0.25) is 0 Å². The van der Waals surface area contributed by atoms with Crippen LogP contribution < -0.4 is 5.32 Å². The lowest BCUT2D eigenvalue weighted by atomic mass is 9.90. The lowest BCUT2D eigenvalue weighted by molar-refractivity contribution is 0.176. The second-order valence-corrected chi connectivity index (χ2v) is 6.04. The lowest BCUT2D eigenvalue weighted by Gasteiger charge is -2.35. The molecule has 0 aliphatic carbocycles. The highest BCUT2D eigenvalue weighted by atomic mass is 19.1. The van der Waals surface area contributed by atoms with Gasteiger partial charge in [-0.25, -0.2) is 4.39 Å². The van der Waals surface area contributed by atoms with Gasteiger partial charge in [0.15, 0.2) is 0 Å². The summed E-state index contributed by atoms with van der Waals surface area (Å²) in [4.78, 5) is 2.54. The highest BCUT2D eigenvalue weighted by Gasteiger charge is 2.24. The number of nitrogens with one attached hydrogen (secondary N) is 1. The highest BCUT2D eigenvalue weighted by molar-refractivity contribution is 5.52. The van der Waals surface area contributed by atoms with Crippen molar-refractivity contribution in [2.45, 2.75) is 46.1 Å². The van der Waals surface area contributed by atoms with Gasteiger partial charge in [-0.2, -0.15) is 0 Å². The standard InChI is InChI=1S/C17H27FN2/c1-4-10-20-11-8-15(9-12-20)14(3)19-17-13(2)6-5-7-16(17)18/h5-7,14-15,19H,4,8-12H2,1-3H3. The summed E-state index contributed by atoms with van der Waals surface area (Å²) in [6.45, 7) is 9.95.